The molecule has 44 heteroatoms. The molecule has 50 atom stereocenters. The number of aliphatic hydroxyl groups excluding tert-OH is 23. The predicted molar refractivity (Wildman–Crippen MR) is 442 cm³/mol. The number of fused-ring (bicyclic) bond motifs is 7. The molecule has 50 unspecified atom stereocenters. The lowest BCUT2D eigenvalue weighted by atomic mass is 9.33. The van der Waals surface area contributed by atoms with Crippen LogP contribution < -0.4 is 0 Å². The Morgan fingerprint density at radius 2 is 0.932 bits per heavy atom. The number of allylic oxidation sites excluding steroid dienone is 3. The van der Waals surface area contributed by atoms with E-state index in [0.717, 1.165) is 5.57 Å². The highest BCUT2D eigenvalue weighted by atomic mass is 16.8. The van der Waals surface area contributed by atoms with Gasteiger partial charge in [-0.3, -0.25) is 4.79 Å². The monoisotopic (exact) mass is 1910 g/mol. The molecule has 762 valence electrons. The van der Waals surface area contributed by atoms with Crippen LogP contribution in [0.25, 0.3) is 0 Å². The van der Waals surface area contributed by atoms with Crippen molar-refractivity contribution in [2.75, 3.05) is 46.2 Å². The van der Waals surface area contributed by atoms with E-state index in [1.165, 1.54) is 32.9 Å². The van der Waals surface area contributed by atoms with Crippen molar-refractivity contribution in [1.29, 1.82) is 0 Å². The summed E-state index contributed by atoms with van der Waals surface area (Å²) in [6, 6.07) is 0. The maximum Gasteiger partial charge on any atom is 0.333 e. The van der Waals surface area contributed by atoms with Crippen LogP contribution in [0, 0.1) is 50.2 Å². The molecule has 0 aromatic heterocycles. The van der Waals surface area contributed by atoms with Crippen molar-refractivity contribution >= 4 is 11.9 Å². The van der Waals surface area contributed by atoms with Crippen LogP contribution in [-0.4, -0.2) is 439 Å². The Bertz CT molecular complexity index is 3980. The summed E-state index contributed by atoms with van der Waals surface area (Å²) in [5, 5.41) is 257. The van der Waals surface area contributed by atoms with Gasteiger partial charge in [-0.25, -0.2) is 4.79 Å². The number of carbonyl (C=O) groups is 2. The van der Waals surface area contributed by atoms with Crippen LogP contribution >= 0.6 is 0 Å². The van der Waals surface area contributed by atoms with E-state index in [1.807, 2.05) is 0 Å². The highest BCUT2D eigenvalue weighted by molar-refractivity contribution is 5.88. The third-order valence-corrected chi connectivity index (χ3v) is 32.1. The summed E-state index contributed by atoms with van der Waals surface area (Å²) in [7, 11) is 0. The van der Waals surface area contributed by atoms with Crippen LogP contribution in [0.1, 0.15) is 147 Å². The molecule has 9 saturated heterocycles. The third-order valence-electron chi connectivity index (χ3n) is 32.1. The molecule has 9 heterocycles. The molecular formula is C89H142O44. The van der Waals surface area contributed by atoms with Crippen molar-refractivity contribution in [3.8, 4) is 0 Å². The maximum atomic E-state index is 16.4. The van der Waals surface area contributed by atoms with Crippen molar-refractivity contribution in [2.24, 2.45) is 50.2 Å². The fourth-order valence-corrected chi connectivity index (χ4v) is 23.5. The molecule has 13 fully saturated rings. The van der Waals surface area contributed by atoms with Gasteiger partial charge in [0.25, 0.3) is 0 Å². The van der Waals surface area contributed by atoms with E-state index in [2.05, 4.69) is 61.1 Å². The van der Waals surface area contributed by atoms with Crippen molar-refractivity contribution < 1.29 is 217 Å². The second-order valence-corrected chi connectivity index (χ2v) is 41.6. The van der Waals surface area contributed by atoms with E-state index in [0.29, 0.717) is 44.9 Å². The zero-order chi connectivity index (χ0) is 97.1. The number of ether oxygens (including phenoxy) is 19. The fourth-order valence-electron chi connectivity index (χ4n) is 23.5. The van der Waals surface area contributed by atoms with Gasteiger partial charge in [0.1, 0.15) is 170 Å². The standard InChI is InChI=1S/C89H142O44/c1-13-85(9,133-76-63(109)53(99)41(92)29-118-76)20-14-15-34(2)72(113)127-70-58(104)50(96)35(3)122-80(70)121-33-45-56(102)59(105)71(131-77-65(111)60(106)67(36(4)123-77)128-75-66(112)68(43(94)31-117-75)129-73-61(107)51(97)39(90)27-115-73)81(125-45)132-82(114)89-24-23-83(5,6)25-38(89)37-16-17-47-86(10)21-19-49(84(7,8)46(86)18-22-87(47,11)88(37,12)26-48(89)95)126-78-64(110)57(103)55(101)44(124-78)32-120-79-69(54(100)42(93)30-119-79)130-74-62(108)52(98)40(91)28-116-74/h13,15-16,35-36,38-71,73-81,90-112H,1,14,17-33H2,2-12H3. The van der Waals surface area contributed by atoms with Crippen molar-refractivity contribution in [3.05, 3.63) is 36.0 Å². The molecule has 14 aliphatic rings. The number of aliphatic hydroxyl groups is 23. The van der Waals surface area contributed by atoms with Gasteiger partial charge in [0.2, 0.25) is 6.29 Å². The zero-order valence-corrected chi connectivity index (χ0v) is 76.5. The van der Waals surface area contributed by atoms with Gasteiger partial charge in [-0.15, -0.1) is 6.58 Å². The molecule has 0 aromatic rings. The van der Waals surface area contributed by atoms with Crippen LogP contribution in [0.15, 0.2) is 36.0 Å². The number of hydrogen-bond acceptors (Lipinski definition) is 44. The first-order valence-electron chi connectivity index (χ1n) is 46.3. The summed E-state index contributed by atoms with van der Waals surface area (Å²) >= 11 is 0. The minimum atomic E-state index is -2.23. The summed E-state index contributed by atoms with van der Waals surface area (Å²) in [5.41, 5.74) is -5.14. The Morgan fingerprint density at radius 1 is 0.451 bits per heavy atom. The number of rotatable bonds is 26. The Kier molecular flexibility index (Phi) is 32.6. The van der Waals surface area contributed by atoms with Gasteiger partial charge in [-0.1, -0.05) is 72.3 Å². The topological polar surface area (TPSA) is 675 Å². The smallest absolute Gasteiger partial charge is 0.333 e. The van der Waals surface area contributed by atoms with Crippen LogP contribution in [0.2, 0.25) is 0 Å². The lowest BCUT2D eigenvalue weighted by Gasteiger charge is -2.71. The average molecular weight is 1920 g/mol. The number of carbonyl (C=O) groups excluding carboxylic acids is 2. The molecule has 5 aliphatic carbocycles. The van der Waals surface area contributed by atoms with E-state index in [9.17, 15) is 122 Å². The first-order valence-corrected chi connectivity index (χ1v) is 46.3. The zero-order valence-electron chi connectivity index (χ0n) is 76.5. The summed E-state index contributed by atoms with van der Waals surface area (Å²) < 4.78 is 114. The molecule has 0 spiro atoms. The summed E-state index contributed by atoms with van der Waals surface area (Å²) in [4.78, 5) is 30.5. The molecule has 4 saturated carbocycles. The van der Waals surface area contributed by atoms with Gasteiger partial charge in [-0.05, 0) is 143 Å². The Morgan fingerprint density at radius 3 is 1.55 bits per heavy atom. The molecule has 0 aromatic carbocycles. The lowest BCUT2D eigenvalue weighted by Crippen LogP contribution is -2.69. The van der Waals surface area contributed by atoms with E-state index in [1.54, 1.807) is 6.92 Å². The van der Waals surface area contributed by atoms with Crippen molar-refractivity contribution in [3.63, 3.8) is 0 Å². The predicted octanol–water partition coefficient (Wildman–Crippen LogP) is -6.48. The fraction of sp³-hybridized carbons (Fsp3) is 0.910. The second kappa shape index (κ2) is 41.1. The van der Waals surface area contributed by atoms with E-state index < -0.39 is 354 Å². The Balaban J connectivity index is 0.696. The molecule has 14 rings (SSSR count). The number of esters is 2. The normalized spacial score (nSPS) is 51.8. The molecular weight excluding hydrogens is 1770 g/mol. The highest BCUT2D eigenvalue weighted by Gasteiger charge is 2.73. The van der Waals surface area contributed by atoms with Gasteiger partial charge in [-0.2, -0.15) is 0 Å². The van der Waals surface area contributed by atoms with E-state index >= 15 is 4.79 Å². The van der Waals surface area contributed by atoms with Crippen LogP contribution in [0.5, 0.6) is 0 Å². The van der Waals surface area contributed by atoms with E-state index in [-0.39, 0.29) is 49.7 Å². The lowest BCUT2D eigenvalue weighted by molar-refractivity contribution is -0.381. The van der Waals surface area contributed by atoms with Crippen LogP contribution in [-0.2, 0) is 99.6 Å². The van der Waals surface area contributed by atoms with E-state index in [4.69, 9.17) is 90.0 Å². The number of hydrogen-bond donors (Lipinski definition) is 23. The molecule has 44 nitrogen and oxygen atoms in total. The third kappa shape index (κ3) is 20.2. The van der Waals surface area contributed by atoms with Gasteiger partial charge < -0.3 is 207 Å². The Hall–Kier alpha value is -3.44. The van der Waals surface area contributed by atoms with Crippen LogP contribution in [0.3, 0.4) is 0 Å². The Labute approximate surface area is 768 Å². The largest absolute Gasteiger partial charge is 0.451 e. The van der Waals surface area contributed by atoms with Crippen molar-refractivity contribution in [1.82, 2.24) is 0 Å². The minimum Gasteiger partial charge on any atom is -0.451 e. The first kappa shape index (κ1) is 105. The van der Waals surface area contributed by atoms with Gasteiger partial charge in [0.05, 0.1) is 76.3 Å². The SMILES string of the molecule is C=CC(C)(CCC=C(C)C(=O)OC1C(OCC2OC(OC(=O)C34CCC(C)(C)CC3C3=CCC5C6(C)CCC(OC7OC(COC8OCC(O)C(O)C8OC8OCC(O)C(O)C8O)C(O)C(O)C7O)C(C)(C)C6CCC5(C)C3(C)CC4O)C(OC3OC(C)C(OC4OCC(O)C(OC5OCC(O)C(O)C5O)C4O)C(O)C3O)C(O)C2O)OC(C)C(O)C1O)OC1OCC(O)C(O)C1O. The molecule has 9 aliphatic heterocycles. The molecule has 133 heavy (non-hydrogen) atoms. The van der Waals surface area contributed by atoms with Gasteiger partial charge in [0, 0.05) is 5.57 Å². The van der Waals surface area contributed by atoms with Gasteiger partial charge in [0.15, 0.2) is 62.5 Å². The van der Waals surface area contributed by atoms with Crippen molar-refractivity contribution in [2.45, 2.75) is 410 Å². The second-order valence-electron chi connectivity index (χ2n) is 41.6. The molecule has 0 radical (unpaired) electrons. The minimum absolute atomic E-state index is 0.0224. The molecule has 0 bridgehead atoms. The highest BCUT2D eigenvalue weighted by Crippen LogP contribution is 2.76. The van der Waals surface area contributed by atoms with Crippen LogP contribution in [0.4, 0.5) is 0 Å². The summed E-state index contributed by atoms with van der Waals surface area (Å²) in [5.74, 6) is -2.95. The summed E-state index contributed by atoms with van der Waals surface area (Å²) in [6.07, 6.45) is -62.1. The molecule has 0 amide bonds. The first-order chi connectivity index (χ1) is 62.4. The maximum absolute atomic E-state index is 16.4. The molecule has 23 N–H and O–H groups in total. The van der Waals surface area contributed by atoms with Gasteiger partial charge >= 0.3 is 11.9 Å². The average Bonchev–Trinajstić information content (AvgIpc) is 0.668. The summed E-state index contributed by atoms with van der Waals surface area (Å²) in [6.45, 7) is 20.8. The quantitative estimate of drug-likeness (QED) is 0.0166.